The van der Waals surface area contributed by atoms with Gasteiger partial charge in [-0.05, 0) is 89.9 Å². The smallest absolute Gasteiger partial charge is 0.220 e. The third-order valence-corrected chi connectivity index (χ3v) is 20.3. The number of ether oxygens (including phenoxy) is 6. The number of carbonyl (C=O) groups is 1. The molecule has 19 heteroatoms. The Morgan fingerprint density at radius 1 is 0.346 bits per heavy atom. The highest BCUT2D eigenvalue weighted by Crippen LogP contribution is 2.33. The van der Waals surface area contributed by atoms with E-state index in [1.54, 1.807) is 0 Å². The first kappa shape index (κ1) is 97.4. The molecule has 17 atom stereocenters. The van der Waals surface area contributed by atoms with Gasteiger partial charge in [0.1, 0.15) is 73.2 Å². The van der Waals surface area contributed by atoms with Crippen molar-refractivity contribution >= 4 is 5.91 Å². The first-order valence-corrected chi connectivity index (χ1v) is 42.3. The molecule has 17 unspecified atom stereocenters. The predicted molar refractivity (Wildman–Crippen MR) is 429 cm³/mol. The molecule has 3 rings (SSSR count). The Kier molecular flexibility index (Phi) is 60.8. The molecule has 616 valence electrons. The molecule has 0 aromatic heterocycles. The Hall–Kier alpha value is -3.81. The Labute approximate surface area is 646 Å². The summed E-state index contributed by atoms with van der Waals surface area (Å²) in [7, 11) is 0. The second-order valence-corrected chi connectivity index (χ2v) is 29.6. The van der Waals surface area contributed by atoms with Crippen molar-refractivity contribution < 1.29 is 89.4 Å². The van der Waals surface area contributed by atoms with Gasteiger partial charge in [-0.25, -0.2) is 0 Å². The lowest BCUT2D eigenvalue weighted by atomic mass is 9.96. The molecular formula is C88H151NO18. The number of unbranched alkanes of at least 4 members (excludes halogenated alkanes) is 30. The molecule has 0 bridgehead atoms. The lowest BCUT2D eigenvalue weighted by Crippen LogP contribution is -2.66. The average molecular weight is 1510 g/mol. The first-order chi connectivity index (χ1) is 52.3. The van der Waals surface area contributed by atoms with Crippen LogP contribution in [0.2, 0.25) is 0 Å². The zero-order chi connectivity index (χ0) is 77.4. The molecule has 0 aliphatic carbocycles. The second-order valence-electron chi connectivity index (χ2n) is 29.6. The van der Waals surface area contributed by atoms with Crippen LogP contribution in [0.5, 0.6) is 0 Å². The molecule has 0 aromatic carbocycles. The maximum atomic E-state index is 13.5. The summed E-state index contributed by atoms with van der Waals surface area (Å²) in [5.41, 5.74) is 0. The molecule has 0 saturated carbocycles. The minimum absolute atomic E-state index is 0.250. The van der Waals surface area contributed by atoms with Crippen molar-refractivity contribution in [3.8, 4) is 0 Å². The Morgan fingerprint density at radius 2 is 0.645 bits per heavy atom. The number of aliphatic hydroxyl groups is 11. The van der Waals surface area contributed by atoms with Crippen molar-refractivity contribution in [2.24, 2.45) is 0 Å². The number of amides is 1. The van der Waals surface area contributed by atoms with Crippen LogP contribution in [0.15, 0.2) is 122 Å². The molecule has 12 N–H and O–H groups in total. The number of allylic oxidation sites excluding steroid dienone is 20. The molecule has 0 spiro atoms. The zero-order valence-corrected chi connectivity index (χ0v) is 66.1. The van der Waals surface area contributed by atoms with Crippen LogP contribution in [0, 0.1) is 0 Å². The van der Waals surface area contributed by atoms with Gasteiger partial charge in [0.2, 0.25) is 5.91 Å². The molecule has 0 aromatic rings. The minimum Gasteiger partial charge on any atom is -0.394 e. The number of carbonyl (C=O) groups excluding carboxylic acids is 1. The van der Waals surface area contributed by atoms with Crippen LogP contribution in [0.25, 0.3) is 0 Å². The summed E-state index contributed by atoms with van der Waals surface area (Å²) in [5.74, 6) is -0.253. The summed E-state index contributed by atoms with van der Waals surface area (Å²) < 4.78 is 34.5. The molecule has 0 radical (unpaired) electrons. The number of hydrogen-bond acceptors (Lipinski definition) is 18. The largest absolute Gasteiger partial charge is 0.394 e. The van der Waals surface area contributed by atoms with Crippen molar-refractivity contribution in [2.45, 2.75) is 401 Å². The van der Waals surface area contributed by atoms with Gasteiger partial charge in [-0.3, -0.25) is 4.79 Å². The van der Waals surface area contributed by atoms with E-state index in [1.807, 2.05) is 0 Å². The topological polar surface area (TPSA) is 307 Å². The van der Waals surface area contributed by atoms with Crippen molar-refractivity contribution in [1.82, 2.24) is 5.32 Å². The molecule has 19 nitrogen and oxygen atoms in total. The number of hydrogen-bond donors (Lipinski definition) is 12. The summed E-state index contributed by atoms with van der Waals surface area (Å²) in [6.45, 7) is 1.70. The standard InChI is InChI=1S/C88H151NO18/c1-3-5-7-9-11-13-15-17-19-21-23-25-27-28-29-30-31-32-33-34-35-36-37-38-39-40-41-42-44-46-48-50-52-54-56-58-60-62-64-66-76(94)89-71(72(93)65-63-61-59-57-55-53-51-49-47-45-43-26-24-22-20-18-16-14-12-10-8-6-4-2)70-102-86-82(100)79(97)84(74(68-91)104-86)107-88-83(101)80(98)85(75(69-92)105-88)106-87-81(99)78(96)77(95)73(67-90)103-87/h5,7,11,13,17,19,23,25,28-29,31-32,34-35,37-38,40-41,44,46,71-75,77-88,90-93,95-101H,3-4,6,8-10,12,14-16,18,20-22,24,26-27,30,33,36,39,42-43,45,47-70H2,1-2H3,(H,89,94)/b7-5-,13-11-,19-17-,25-23-,29-28-,32-31-,35-34-,38-37-,41-40-,46-44-. The van der Waals surface area contributed by atoms with Crippen LogP contribution < -0.4 is 5.32 Å². The number of aliphatic hydroxyl groups excluding tert-OH is 11. The highest BCUT2D eigenvalue weighted by Gasteiger charge is 2.54. The van der Waals surface area contributed by atoms with E-state index in [-0.39, 0.29) is 18.9 Å². The van der Waals surface area contributed by atoms with Crippen molar-refractivity contribution in [1.29, 1.82) is 0 Å². The lowest BCUT2D eigenvalue weighted by Gasteiger charge is -2.48. The normalized spacial score (nSPS) is 26.2. The molecule has 3 aliphatic heterocycles. The molecule has 3 aliphatic rings. The van der Waals surface area contributed by atoms with E-state index in [0.29, 0.717) is 12.8 Å². The predicted octanol–water partition coefficient (Wildman–Crippen LogP) is 15.1. The fourth-order valence-corrected chi connectivity index (χ4v) is 13.6. The molecule has 3 heterocycles. The highest BCUT2D eigenvalue weighted by molar-refractivity contribution is 5.76. The van der Waals surface area contributed by atoms with Gasteiger partial charge in [0.25, 0.3) is 0 Å². The van der Waals surface area contributed by atoms with Gasteiger partial charge < -0.3 is 89.9 Å². The first-order valence-electron chi connectivity index (χ1n) is 42.3. The van der Waals surface area contributed by atoms with E-state index >= 15 is 0 Å². The molecule has 3 fully saturated rings. The lowest BCUT2D eigenvalue weighted by molar-refractivity contribution is -0.379. The summed E-state index contributed by atoms with van der Waals surface area (Å²) in [6.07, 6.45) is 67.0. The van der Waals surface area contributed by atoms with Crippen LogP contribution in [0.3, 0.4) is 0 Å². The van der Waals surface area contributed by atoms with Gasteiger partial charge >= 0.3 is 0 Å². The van der Waals surface area contributed by atoms with Crippen molar-refractivity contribution in [3.63, 3.8) is 0 Å². The number of nitrogens with one attached hydrogen (secondary N) is 1. The van der Waals surface area contributed by atoms with E-state index in [2.05, 4.69) is 141 Å². The minimum atomic E-state index is -1.98. The third kappa shape index (κ3) is 46.1. The van der Waals surface area contributed by atoms with E-state index in [9.17, 15) is 61.0 Å². The van der Waals surface area contributed by atoms with Crippen LogP contribution in [0.1, 0.15) is 296 Å². The van der Waals surface area contributed by atoms with Crippen LogP contribution >= 0.6 is 0 Å². The van der Waals surface area contributed by atoms with Gasteiger partial charge in [-0.15, -0.1) is 0 Å². The van der Waals surface area contributed by atoms with Crippen molar-refractivity contribution in [2.75, 3.05) is 26.4 Å². The Bertz CT molecular complexity index is 2410. The fourth-order valence-electron chi connectivity index (χ4n) is 13.6. The molecule has 3 saturated heterocycles. The summed E-state index contributed by atoms with van der Waals surface area (Å²) in [5, 5.41) is 121. The van der Waals surface area contributed by atoms with E-state index in [0.717, 1.165) is 128 Å². The third-order valence-electron chi connectivity index (χ3n) is 20.3. The zero-order valence-electron chi connectivity index (χ0n) is 66.1. The summed E-state index contributed by atoms with van der Waals surface area (Å²) in [4.78, 5) is 13.5. The van der Waals surface area contributed by atoms with E-state index < -0.39 is 124 Å². The quantitative estimate of drug-likeness (QED) is 0.0199. The molecule has 107 heavy (non-hydrogen) atoms. The van der Waals surface area contributed by atoms with Crippen LogP contribution in [-0.2, 0) is 33.2 Å². The average Bonchev–Trinajstić information content (AvgIpc) is 0.781. The van der Waals surface area contributed by atoms with Gasteiger partial charge in [0.15, 0.2) is 18.9 Å². The summed E-state index contributed by atoms with van der Waals surface area (Å²) >= 11 is 0. The monoisotopic (exact) mass is 1510 g/mol. The number of rotatable bonds is 66. The maximum Gasteiger partial charge on any atom is 0.220 e. The van der Waals surface area contributed by atoms with Crippen molar-refractivity contribution in [3.05, 3.63) is 122 Å². The van der Waals surface area contributed by atoms with Gasteiger partial charge in [0, 0.05) is 6.42 Å². The van der Waals surface area contributed by atoms with Gasteiger partial charge in [-0.2, -0.15) is 0 Å². The fraction of sp³-hybridized carbons (Fsp3) is 0.761. The highest BCUT2D eigenvalue weighted by atomic mass is 16.8. The van der Waals surface area contributed by atoms with Gasteiger partial charge in [0.05, 0.1) is 38.6 Å². The Balaban J connectivity index is 1.35. The Morgan fingerprint density at radius 3 is 1.01 bits per heavy atom. The van der Waals surface area contributed by atoms with E-state index in [1.165, 1.54) is 135 Å². The maximum absolute atomic E-state index is 13.5. The molecule has 1 amide bonds. The SMILES string of the molecule is CC/C=C\C/C=C\C/C=C\C/C=C\C/C=C\C/C=C\C/C=C\C/C=C\C/C=C\C/C=C\CCCCCCCCCCC(=O)NC(COC1OC(CO)C(OC2OC(CO)C(OC3OC(CO)C(O)C(O)C3O)C(O)C2O)C(O)C1O)C(O)CCCCCCCCCCCCCCCCCCCCCCCCC. The second kappa shape index (κ2) is 66.8. The van der Waals surface area contributed by atoms with E-state index in [4.69, 9.17) is 28.4 Å². The van der Waals surface area contributed by atoms with Crippen LogP contribution in [0.4, 0.5) is 0 Å². The van der Waals surface area contributed by atoms with Gasteiger partial charge in [-0.1, -0.05) is 322 Å². The van der Waals surface area contributed by atoms with Crippen LogP contribution in [-0.4, -0.2) is 193 Å². The molecular weight excluding hydrogens is 1360 g/mol. The summed E-state index contributed by atoms with van der Waals surface area (Å²) in [6, 6.07) is -0.902.